The maximum Gasteiger partial charge on any atom is 0.150 e. The van der Waals surface area contributed by atoms with Crippen LogP contribution in [0.5, 0.6) is 17.2 Å². The van der Waals surface area contributed by atoms with Crippen molar-refractivity contribution in [1.82, 2.24) is 4.90 Å². The van der Waals surface area contributed by atoms with Gasteiger partial charge in [0.15, 0.2) is 0 Å². The van der Waals surface area contributed by atoms with Gasteiger partial charge in [0.05, 0.1) is 0 Å². The number of ether oxygens (including phenoxy) is 2. The van der Waals surface area contributed by atoms with Gasteiger partial charge < -0.3 is 14.6 Å². The van der Waals surface area contributed by atoms with Gasteiger partial charge in [0.25, 0.3) is 0 Å². The number of likely N-dealkylation sites (tertiary alicyclic amines) is 1. The Hall–Kier alpha value is -3.24. The number of aromatic hydroxyl groups is 1. The highest BCUT2D eigenvalue weighted by Gasteiger charge is 2.30. The quantitative estimate of drug-likeness (QED) is 0.428. The molecule has 0 aromatic heterocycles. The summed E-state index contributed by atoms with van der Waals surface area (Å²) in [5.74, 6) is 2.69. The molecule has 3 atom stereocenters. The molecule has 4 heteroatoms. The van der Waals surface area contributed by atoms with E-state index >= 15 is 0 Å². The highest BCUT2D eigenvalue weighted by Crippen LogP contribution is 2.48. The molecule has 0 bridgehead atoms. The summed E-state index contributed by atoms with van der Waals surface area (Å²) in [6, 6.07) is 22.5. The smallest absolute Gasteiger partial charge is 0.150 e. The molecule has 3 aromatic carbocycles. The van der Waals surface area contributed by atoms with Gasteiger partial charge in [-0.25, -0.2) is 0 Å². The third-order valence-electron chi connectivity index (χ3n) is 7.47. The van der Waals surface area contributed by atoms with Gasteiger partial charge >= 0.3 is 0 Å². The number of phenolic OH excluding ortho intramolecular Hbond substituents is 1. The number of aryl methyl sites for hydroxylation is 1. The van der Waals surface area contributed by atoms with E-state index in [-0.39, 0.29) is 11.9 Å². The molecule has 182 valence electrons. The zero-order chi connectivity index (χ0) is 24.5. The summed E-state index contributed by atoms with van der Waals surface area (Å²) in [6.45, 7) is 11.8. The van der Waals surface area contributed by atoms with Crippen LogP contribution in [0.15, 0.2) is 66.7 Å². The van der Waals surface area contributed by atoms with Gasteiger partial charge in [-0.15, -0.1) is 0 Å². The largest absolute Gasteiger partial charge is 0.508 e. The standard InChI is InChI=1S/C31H35NO3/c1-20-15-16-32(18-20)22(3)19-34-26-12-9-24(10-13-26)31-30(27-8-6-5-7-21(27)2)23(4)28-17-25(33)11-14-29(28)35-31/h5-14,17,20,22,31,33H,15-16,18-19H2,1-4H3/t20-,22+,31?/m1/s1. The first-order chi connectivity index (χ1) is 16.9. The number of hydrogen-bond donors (Lipinski definition) is 1. The second-order valence-electron chi connectivity index (χ2n) is 10.1. The van der Waals surface area contributed by atoms with E-state index in [1.807, 2.05) is 6.07 Å². The van der Waals surface area contributed by atoms with Crippen LogP contribution < -0.4 is 9.47 Å². The molecule has 1 saturated heterocycles. The number of benzene rings is 3. The van der Waals surface area contributed by atoms with E-state index in [1.54, 1.807) is 12.1 Å². The highest BCUT2D eigenvalue weighted by molar-refractivity contribution is 5.96. The Bertz CT molecular complexity index is 1230. The minimum absolute atomic E-state index is 0.243. The van der Waals surface area contributed by atoms with E-state index in [4.69, 9.17) is 9.47 Å². The van der Waals surface area contributed by atoms with E-state index in [0.717, 1.165) is 58.3 Å². The van der Waals surface area contributed by atoms with Crippen LogP contribution in [-0.2, 0) is 0 Å². The van der Waals surface area contributed by atoms with Gasteiger partial charge in [0.2, 0.25) is 0 Å². The van der Waals surface area contributed by atoms with Gasteiger partial charge in [0, 0.05) is 23.7 Å². The van der Waals surface area contributed by atoms with E-state index in [1.165, 1.54) is 12.0 Å². The first kappa shape index (κ1) is 23.5. The minimum Gasteiger partial charge on any atom is -0.508 e. The molecule has 1 N–H and O–H groups in total. The number of allylic oxidation sites excluding steroid dienone is 1. The zero-order valence-electron chi connectivity index (χ0n) is 21.1. The van der Waals surface area contributed by atoms with Crippen LogP contribution in [0, 0.1) is 12.8 Å². The Balaban J connectivity index is 1.41. The molecule has 0 saturated carbocycles. The average Bonchev–Trinajstić information content (AvgIpc) is 3.30. The molecule has 0 aliphatic carbocycles. The summed E-state index contributed by atoms with van der Waals surface area (Å²) >= 11 is 0. The third-order valence-corrected chi connectivity index (χ3v) is 7.47. The van der Waals surface area contributed by atoms with Crippen molar-refractivity contribution in [2.75, 3.05) is 19.7 Å². The van der Waals surface area contributed by atoms with Gasteiger partial charge in [-0.05, 0) is 92.2 Å². The van der Waals surface area contributed by atoms with E-state index in [2.05, 4.69) is 81.1 Å². The van der Waals surface area contributed by atoms with E-state index in [9.17, 15) is 5.11 Å². The van der Waals surface area contributed by atoms with Crippen molar-refractivity contribution < 1.29 is 14.6 Å². The summed E-state index contributed by atoms with van der Waals surface area (Å²) in [7, 11) is 0. The summed E-state index contributed by atoms with van der Waals surface area (Å²) in [6.07, 6.45) is 1.03. The molecule has 0 amide bonds. The average molecular weight is 470 g/mol. The lowest BCUT2D eigenvalue weighted by molar-refractivity contribution is 0.169. The molecule has 3 aromatic rings. The Morgan fingerprint density at radius 3 is 2.51 bits per heavy atom. The minimum atomic E-state index is -0.243. The topological polar surface area (TPSA) is 41.9 Å². The van der Waals surface area contributed by atoms with Crippen LogP contribution in [0.25, 0.3) is 11.1 Å². The molecular weight excluding hydrogens is 434 g/mol. The van der Waals surface area contributed by atoms with Gasteiger partial charge in [-0.2, -0.15) is 0 Å². The fraction of sp³-hybridized carbons (Fsp3) is 0.355. The molecule has 2 aliphatic rings. The number of hydrogen-bond acceptors (Lipinski definition) is 4. The number of fused-ring (bicyclic) bond motifs is 1. The summed E-state index contributed by atoms with van der Waals surface area (Å²) in [5.41, 5.74) is 6.63. The molecule has 1 fully saturated rings. The monoisotopic (exact) mass is 469 g/mol. The predicted octanol–water partition coefficient (Wildman–Crippen LogP) is 6.87. The number of nitrogens with zero attached hydrogens (tertiary/aromatic N) is 1. The van der Waals surface area contributed by atoms with Crippen molar-refractivity contribution in [3.8, 4) is 17.2 Å². The van der Waals surface area contributed by atoms with Crippen molar-refractivity contribution in [2.45, 2.75) is 46.3 Å². The maximum atomic E-state index is 10.1. The molecule has 0 radical (unpaired) electrons. The van der Waals surface area contributed by atoms with E-state index in [0.29, 0.717) is 12.6 Å². The SMILES string of the molecule is CC1=C(c2ccccc2C)C(c2ccc(OC[C@H](C)N3CC[C@@H](C)C3)cc2)Oc2ccc(O)cc21. The first-order valence-electron chi connectivity index (χ1n) is 12.6. The highest BCUT2D eigenvalue weighted by atomic mass is 16.5. The second-order valence-corrected chi connectivity index (χ2v) is 10.1. The fourth-order valence-electron chi connectivity index (χ4n) is 5.32. The van der Waals surface area contributed by atoms with Gasteiger partial charge in [-0.3, -0.25) is 4.90 Å². The van der Waals surface area contributed by atoms with Crippen molar-refractivity contribution >= 4 is 11.1 Å². The molecule has 2 aliphatic heterocycles. The number of phenols is 1. The second kappa shape index (κ2) is 9.79. The maximum absolute atomic E-state index is 10.1. The van der Waals surface area contributed by atoms with Gasteiger partial charge in [0.1, 0.15) is 30.0 Å². The molecule has 35 heavy (non-hydrogen) atoms. The summed E-state index contributed by atoms with van der Waals surface area (Å²) < 4.78 is 12.7. The Kier molecular flexibility index (Phi) is 6.57. The Morgan fingerprint density at radius 2 is 1.80 bits per heavy atom. The van der Waals surface area contributed by atoms with Crippen molar-refractivity contribution in [3.05, 3.63) is 89.0 Å². The Morgan fingerprint density at radius 1 is 1.03 bits per heavy atom. The summed E-state index contributed by atoms with van der Waals surface area (Å²) in [4.78, 5) is 2.52. The van der Waals surface area contributed by atoms with E-state index < -0.39 is 0 Å². The van der Waals surface area contributed by atoms with Crippen LogP contribution in [0.3, 0.4) is 0 Å². The van der Waals surface area contributed by atoms with Crippen molar-refractivity contribution in [1.29, 1.82) is 0 Å². The van der Waals surface area contributed by atoms with Crippen LogP contribution in [0.2, 0.25) is 0 Å². The normalized spacial score (nSPS) is 20.9. The molecular formula is C31H35NO3. The predicted molar refractivity (Wildman–Crippen MR) is 142 cm³/mol. The number of rotatable bonds is 6. The van der Waals surface area contributed by atoms with Crippen LogP contribution in [-0.4, -0.2) is 35.7 Å². The molecule has 5 rings (SSSR count). The van der Waals surface area contributed by atoms with Crippen molar-refractivity contribution in [3.63, 3.8) is 0 Å². The first-order valence-corrected chi connectivity index (χ1v) is 12.6. The van der Waals surface area contributed by atoms with Crippen LogP contribution >= 0.6 is 0 Å². The summed E-state index contributed by atoms with van der Waals surface area (Å²) in [5, 5.41) is 10.1. The van der Waals surface area contributed by atoms with Crippen LogP contribution in [0.1, 0.15) is 55.5 Å². The third kappa shape index (κ3) is 4.81. The molecule has 1 unspecified atom stereocenters. The lowest BCUT2D eigenvalue weighted by Crippen LogP contribution is -2.35. The molecule has 4 nitrogen and oxygen atoms in total. The van der Waals surface area contributed by atoms with Crippen molar-refractivity contribution in [2.24, 2.45) is 5.92 Å². The Labute approximate surface area is 208 Å². The molecule has 2 heterocycles. The van der Waals surface area contributed by atoms with Crippen LogP contribution in [0.4, 0.5) is 0 Å². The van der Waals surface area contributed by atoms with Gasteiger partial charge in [-0.1, -0.05) is 43.3 Å². The molecule has 0 spiro atoms. The lowest BCUT2D eigenvalue weighted by Gasteiger charge is -2.32. The fourth-order valence-corrected chi connectivity index (χ4v) is 5.32. The lowest BCUT2D eigenvalue weighted by atomic mass is 9.84. The zero-order valence-corrected chi connectivity index (χ0v) is 21.1.